The molecule has 3 heteroatoms. The van der Waals surface area contributed by atoms with Crippen LogP contribution in [0.3, 0.4) is 0 Å². The van der Waals surface area contributed by atoms with Crippen molar-refractivity contribution in [1.29, 1.82) is 0 Å². The molecule has 0 saturated carbocycles. The molecular weight excluding hydrogens is 246 g/mol. The number of methoxy groups -OCH3 is 1. The summed E-state index contributed by atoms with van der Waals surface area (Å²) >= 11 is 0. The summed E-state index contributed by atoms with van der Waals surface area (Å²) in [4.78, 5) is 2.20. The quantitative estimate of drug-likeness (QED) is 0.805. The van der Waals surface area contributed by atoms with Gasteiger partial charge in [0.05, 0.1) is 7.11 Å². The molecule has 0 aliphatic rings. The van der Waals surface area contributed by atoms with Gasteiger partial charge < -0.3 is 9.64 Å². The van der Waals surface area contributed by atoms with Crippen LogP contribution in [0.4, 0.5) is 0 Å². The van der Waals surface area contributed by atoms with Crippen LogP contribution in [0.25, 0.3) is 5.57 Å². The van der Waals surface area contributed by atoms with Gasteiger partial charge >= 0.3 is 0 Å². The summed E-state index contributed by atoms with van der Waals surface area (Å²) in [6.07, 6.45) is 1.05. The number of allylic oxidation sites excluding steroid dienone is 1. The molecule has 0 aliphatic carbocycles. The molecule has 0 aliphatic heterocycles. The average molecular weight is 270 g/mol. The predicted molar refractivity (Wildman–Crippen MR) is 81.7 cm³/mol. The van der Waals surface area contributed by atoms with E-state index in [1.54, 1.807) is 7.11 Å². The third-order valence-corrected chi connectivity index (χ3v) is 2.84. The van der Waals surface area contributed by atoms with Crippen molar-refractivity contribution >= 4 is 18.0 Å². The van der Waals surface area contributed by atoms with Crippen LogP contribution in [0.5, 0.6) is 5.75 Å². The maximum absolute atomic E-state index is 5.28. The lowest BCUT2D eigenvalue weighted by atomic mass is 9.98. The van der Waals surface area contributed by atoms with Gasteiger partial charge in [-0.2, -0.15) is 0 Å². The first-order valence-electron chi connectivity index (χ1n) is 6.06. The van der Waals surface area contributed by atoms with Crippen LogP contribution >= 0.6 is 12.4 Å². The highest BCUT2D eigenvalue weighted by molar-refractivity contribution is 5.85. The Morgan fingerprint density at radius 3 is 2.44 bits per heavy atom. The van der Waals surface area contributed by atoms with E-state index in [9.17, 15) is 0 Å². The minimum absolute atomic E-state index is 0. The Balaban J connectivity index is 0.00000289. The van der Waals surface area contributed by atoms with Gasteiger partial charge in [-0.3, -0.25) is 0 Å². The van der Waals surface area contributed by atoms with E-state index in [0.717, 1.165) is 18.7 Å². The van der Waals surface area contributed by atoms with Crippen molar-refractivity contribution in [3.05, 3.63) is 35.4 Å². The SMILES string of the molecule is CCC(=C(C)CN(C)C)c1cccc(OC)c1.Cl. The number of benzene rings is 1. The van der Waals surface area contributed by atoms with E-state index >= 15 is 0 Å². The molecule has 18 heavy (non-hydrogen) atoms. The molecule has 0 saturated heterocycles. The van der Waals surface area contributed by atoms with Gasteiger partial charge in [-0.15, -0.1) is 12.4 Å². The predicted octanol–water partition coefficient (Wildman–Crippen LogP) is 3.86. The second-order valence-corrected chi connectivity index (χ2v) is 4.58. The number of nitrogens with zero attached hydrogens (tertiary/aromatic N) is 1. The van der Waals surface area contributed by atoms with Gasteiger partial charge in [0.25, 0.3) is 0 Å². The van der Waals surface area contributed by atoms with Gasteiger partial charge in [-0.05, 0) is 50.7 Å². The van der Waals surface area contributed by atoms with Crippen molar-refractivity contribution in [1.82, 2.24) is 4.90 Å². The van der Waals surface area contributed by atoms with Crippen LogP contribution < -0.4 is 4.74 Å². The van der Waals surface area contributed by atoms with Crippen molar-refractivity contribution in [2.75, 3.05) is 27.7 Å². The summed E-state index contributed by atoms with van der Waals surface area (Å²) < 4.78 is 5.28. The van der Waals surface area contributed by atoms with Gasteiger partial charge in [-0.1, -0.05) is 24.6 Å². The summed E-state index contributed by atoms with van der Waals surface area (Å²) in [5, 5.41) is 0. The molecule has 0 bridgehead atoms. The van der Waals surface area contributed by atoms with Crippen molar-refractivity contribution in [2.24, 2.45) is 0 Å². The molecule has 1 aromatic carbocycles. The van der Waals surface area contributed by atoms with Crippen LogP contribution in [0.2, 0.25) is 0 Å². The van der Waals surface area contributed by atoms with E-state index in [4.69, 9.17) is 4.74 Å². The van der Waals surface area contributed by atoms with Crippen molar-refractivity contribution < 1.29 is 4.74 Å². The molecule has 0 radical (unpaired) electrons. The van der Waals surface area contributed by atoms with Crippen LogP contribution in [-0.4, -0.2) is 32.6 Å². The molecule has 1 aromatic rings. The first-order chi connectivity index (χ1) is 8.08. The normalized spacial score (nSPS) is 11.9. The zero-order valence-electron chi connectivity index (χ0n) is 12.0. The lowest BCUT2D eigenvalue weighted by Crippen LogP contribution is -2.14. The summed E-state index contributed by atoms with van der Waals surface area (Å²) in [6.45, 7) is 5.41. The lowest BCUT2D eigenvalue weighted by molar-refractivity contribution is 0.414. The van der Waals surface area contributed by atoms with Gasteiger partial charge in [-0.25, -0.2) is 0 Å². The van der Waals surface area contributed by atoms with Crippen LogP contribution in [0.1, 0.15) is 25.8 Å². The third-order valence-electron chi connectivity index (χ3n) is 2.84. The molecule has 0 amide bonds. The zero-order valence-corrected chi connectivity index (χ0v) is 12.8. The summed E-state index contributed by atoms with van der Waals surface area (Å²) in [7, 11) is 5.91. The molecule has 2 nitrogen and oxygen atoms in total. The second-order valence-electron chi connectivity index (χ2n) is 4.58. The number of ether oxygens (including phenoxy) is 1. The topological polar surface area (TPSA) is 12.5 Å². The fourth-order valence-corrected chi connectivity index (χ4v) is 2.13. The molecule has 1 rings (SSSR count). The van der Waals surface area contributed by atoms with Crippen molar-refractivity contribution in [2.45, 2.75) is 20.3 Å². The first-order valence-corrected chi connectivity index (χ1v) is 6.06. The average Bonchev–Trinajstić information content (AvgIpc) is 2.29. The highest BCUT2D eigenvalue weighted by Crippen LogP contribution is 2.25. The number of likely N-dealkylation sites (N-methyl/N-ethyl adjacent to an activating group) is 1. The maximum atomic E-state index is 5.28. The van der Waals surface area contributed by atoms with Gasteiger partial charge in [0, 0.05) is 6.54 Å². The first kappa shape index (κ1) is 17.0. The van der Waals surface area contributed by atoms with Crippen LogP contribution in [0.15, 0.2) is 29.8 Å². The molecule has 0 spiro atoms. The Bertz CT molecular complexity index is 399. The fraction of sp³-hybridized carbons (Fsp3) is 0.467. The maximum Gasteiger partial charge on any atom is 0.119 e. The van der Waals surface area contributed by atoms with Gasteiger partial charge in [0.15, 0.2) is 0 Å². The Kier molecular flexibility index (Phi) is 7.72. The van der Waals surface area contributed by atoms with E-state index < -0.39 is 0 Å². The molecule has 0 N–H and O–H groups in total. The van der Waals surface area contributed by atoms with Gasteiger partial charge in [0.2, 0.25) is 0 Å². The second kappa shape index (κ2) is 8.17. The molecule has 0 unspecified atom stereocenters. The lowest BCUT2D eigenvalue weighted by Gasteiger charge is -2.15. The molecule has 0 fully saturated rings. The minimum atomic E-state index is 0. The Labute approximate surface area is 117 Å². The van der Waals surface area contributed by atoms with Crippen molar-refractivity contribution in [3.8, 4) is 5.75 Å². The highest BCUT2D eigenvalue weighted by Gasteiger charge is 2.06. The smallest absolute Gasteiger partial charge is 0.119 e. The fourth-order valence-electron chi connectivity index (χ4n) is 2.13. The standard InChI is InChI=1S/C15H23NO.ClH/c1-6-15(12(2)11-16(3)4)13-8-7-9-14(10-13)17-5;/h7-10H,6,11H2,1-5H3;1H. The summed E-state index contributed by atoms with van der Waals surface area (Å²) in [5.74, 6) is 0.922. The van der Waals surface area contributed by atoms with E-state index in [1.807, 2.05) is 12.1 Å². The molecule has 0 aromatic heterocycles. The van der Waals surface area contributed by atoms with Crippen LogP contribution in [0, 0.1) is 0 Å². The zero-order chi connectivity index (χ0) is 12.8. The number of rotatable bonds is 5. The van der Waals surface area contributed by atoms with E-state index in [0.29, 0.717) is 0 Å². The number of hydrogen-bond acceptors (Lipinski definition) is 2. The molecular formula is C15H24ClNO. The largest absolute Gasteiger partial charge is 0.497 e. The Morgan fingerprint density at radius 1 is 1.28 bits per heavy atom. The van der Waals surface area contributed by atoms with Crippen LogP contribution in [-0.2, 0) is 0 Å². The Hall–Kier alpha value is -0.990. The number of halogens is 1. The summed E-state index contributed by atoms with van der Waals surface area (Å²) in [5.41, 5.74) is 4.11. The minimum Gasteiger partial charge on any atom is -0.497 e. The van der Waals surface area contributed by atoms with E-state index in [2.05, 4.69) is 45.0 Å². The molecule has 0 atom stereocenters. The van der Waals surface area contributed by atoms with Gasteiger partial charge in [0.1, 0.15) is 5.75 Å². The highest BCUT2D eigenvalue weighted by atomic mass is 35.5. The molecule has 0 heterocycles. The molecule has 102 valence electrons. The van der Waals surface area contributed by atoms with E-state index in [1.165, 1.54) is 16.7 Å². The monoisotopic (exact) mass is 269 g/mol. The van der Waals surface area contributed by atoms with E-state index in [-0.39, 0.29) is 12.4 Å². The third kappa shape index (κ3) is 4.71. The Morgan fingerprint density at radius 2 is 1.94 bits per heavy atom. The van der Waals surface area contributed by atoms with Crippen molar-refractivity contribution in [3.63, 3.8) is 0 Å². The summed E-state index contributed by atoms with van der Waals surface area (Å²) in [6, 6.07) is 8.29. The number of hydrogen-bond donors (Lipinski definition) is 0.